The summed E-state index contributed by atoms with van der Waals surface area (Å²) in [7, 11) is 0. The first kappa shape index (κ1) is 27.6. The molecule has 0 radical (unpaired) electrons. The molecule has 1 saturated heterocycles. The first-order valence-corrected chi connectivity index (χ1v) is 13.9. The van der Waals surface area contributed by atoms with Crippen LogP contribution in [0.25, 0.3) is 11.3 Å². The molecule has 40 heavy (non-hydrogen) atoms. The van der Waals surface area contributed by atoms with Crippen LogP contribution in [-0.4, -0.2) is 63.6 Å². The van der Waals surface area contributed by atoms with Crippen molar-refractivity contribution in [1.82, 2.24) is 24.8 Å². The van der Waals surface area contributed by atoms with Crippen LogP contribution in [0.5, 0.6) is 0 Å². The van der Waals surface area contributed by atoms with E-state index in [0.717, 1.165) is 91.6 Å². The predicted octanol–water partition coefficient (Wildman–Crippen LogP) is 5.11. The van der Waals surface area contributed by atoms with Gasteiger partial charge in [-0.05, 0) is 80.1 Å². The number of carbonyl (C=O) groups excluding carboxylic acids is 1. The van der Waals surface area contributed by atoms with Gasteiger partial charge in [0.2, 0.25) is 0 Å². The van der Waals surface area contributed by atoms with Gasteiger partial charge in [-0.15, -0.1) is 0 Å². The van der Waals surface area contributed by atoms with Crippen molar-refractivity contribution < 1.29 is 9.53 Å². The minimum atomic E-state index is -0.170. The number of nitrogens with zero attached hydrogens (tertiary/aromatic N) is 5. The molecule has 1 aliphatic rings. The number of benzene rings is 1. The second kappa shape index (κ2) is 13.4. The average Bonchev–Trinajstić information content (AvgIpc) is 2.98. The molecule has 0 unspecified atom stereocenters. The summed E-state index contributed by atoms with van der Waals surface area (Å²) < 4.78 is 5.43. The molecule has 1 aromatic carbocycles. The van der Waals surface area contributed by atoms with Gasteiger partial charge < -0.3 is 10.1 Å². The van der Waals surface area contributed by atoms with Gasteiger partial charge in [-0.2, -0.15) is 0 Å². The van der Waals surface area contributed by atoms with E-state index in [0.29, 0.717) is 5.56 Å². The monoisotopic (exact) mass is 536 g/mol. The number of pyridine rings is 2. The van der Waals surface area contributed by atoms with Crippen LogP contribution in [0, 0.1) is 6.92 Å². The molecular weight excluding hydrogens is 500 g/mol. The summed E-state index contributed by atoms with van der Waals surface area (Å²) in [6, 6.07) is 14.0. The number of aromatic nitrogens is 4. The number of hydrogen-bond acceptors (Lipinski definition) is 7. The van der Waals surface area contributed by atoms with Crippen LogP contribution in [0.3, 0.4) is 0 Å². The second-order valence-corrected chi connectivity index (χ2v) is 10.4. The lowest BCUT2D eigenvalue weighted by Gasteiger charge is -2.26. The number of amides is 1. The molecule has 8 heteroatoms. The fourth-order valence-electron chi connectivity index (χ4n) is 4.91. The van der Waals surface area contributed by atoms with E-state index in [9.17, 15) is 4.79 Å². The normalized spacial score (nSPS) is 14.6. The molecule has 8 nitrogen and oxygen atoms in total. The number of anilines is 1. The first-order valence-electron chi connectivity index (χ1n) is 13.9. The Morgan fingerprint density at radius 2 is 1.85 bits per heavy atom. The third-order valence-electron chi connectivity index (χ3n) is 7.18. The zero-order chi connectivity index (χ0) is 27.7. The zero-order valence-electron chi connectivity index (χ0n) is 23.2. The van der Waals surface area contributed by atoms with Gasteiger partial charge in [-0.3, -0.25) is 24.6 Å². The Bertz CT molecular complexity index is 1420. The molecule has 0 bridgehead atoms. The van der Waals surface area contributed by atoms with E-state index in [1.165, 1.54) is 0 Å². The number of ether oxygens (including phenoxy) is 1. The van der Waals surface area contributed by atoms with Crippen LogP contribution in [-0.2, 0) is 17.6 Å². The van der Waals surface area contributed by atoms with Crippen LogP contribution >= 0.6 is 0 Å². The van der Waals surface area contributed by atoms with Gasteiger partial charge in [-0.1, -0.05) is 19.1 Å². The van der Waals surface area contributed by atoms with Crippen molar-refractivity contribution in [2.45, 2.75) is 39.0 Å². The van der Waals surface area contributed by atoms with Gasteiger partial charge in [0, 0.05) is 54.8 Å². The highest BCUT2D eigenvalue weighted by atomic mass is 16.5. The molecular formula is C32H36N6O2. The summed E-state index contributed by atoms with van der Waals surface area (Å²) in [6.45, 7) is 8.88. The molecule has 0 saturated carbocycles. The lowest BCUT2D eigenvalue weighted by molar-refractivity contribution is 0.0374. The number of aryl methyl sites for hydroxylation is 2. The van der Waals surface area contributed by atoms with Crippen LogP contribution in [0.2, 0.25) is 0 Å². The Hall–Kier alpha value is -4.01. The molecule has 5 rings (SSSR count). The first-order chi connectivity index (χ1) is 19.5. The highest BCUT2D eigenvalue weighted by molar-refractivity contribution is 6.04. The number of carbonyl (C=O) groups is 1. The molecule has 1 fully saturated rings. The third kappa shape index (κ3) is 7.55. The van der Waals surface area contributed by atoms with Gasteiger partial charge in [0.1, 0.15) is 0 Å². The minimum Gasteiger partial charge on any atom is -0.379 e. The molecule has 3 aromatic heterocycles. The number of rotatable bonds is 10. The van der Waals surface area contributed by atoms with Crippen molar-refractivity contribution in [2.24, 2.45) is 0 Å². The van der Waals surface area contributed by atoms with E-state index in [1.54, 1.807) is 18.6 Å². The van der Waals surface area contributed by atoms with Crippen molar-refractivity contribution in [3.05, 3.63) is 102 Å². The van der Waals surface area contributed by atoms with Gasteiger partial charge in [0.05, 0.1) is 36.4 Å². The van der Waals surface area contributed by atoms with E-state index in [2.05, 4.69) is 50.3 Å². The molecule has 1 amide bonds. The van der Waals surface area contributed by atoms with Crippen LogP contribution in [0.4, 0.5) is 5.69 Å². The summed E-state index contributed by atoms with van der Waals surface area (Å²) in [5.41, 5.74) is 7.17. The summed E-state index contributed by atoms with van der Waals surface area (Å²) in [4.78, 5) is 33.3. The highest BCUT2D eigenvalue weighted by Gasteiger charge is 2.13. The maximum Gasteiger partial charge on any atom is 0.257 e. The predicted molar refractivity (Wildman–Crippen MR) is 156 cm³/mol. The number of nitrogens with one attached hydrogen (secondary N) is 1. The lowest BCUT2D eigenvalue weighted by atomic mass is 9.96. The lowest BCUT2D eigenvalue weighted by Crippen LogP contribution is -2.36. The van der Waals surface area contributed by atoms with Gasteiger partial charge in [0.15, 0.2) is 0 Å². The van der Waals surface area contributed by atoms with E-state index in [-0.39, 0.29) is 11.8 Å². The third-order valence-corrected chi connectivity index (χ3v) is 7.18. The summed E-state index contributed by atoms with van der Waals surface area (Å²) >= 11 is 0. The molecule has 4 aromatic rings. The topological polar surface area (TPSA) is 93.1 Å². The van der Waals surface area contributed by atoms with E-state index in [1.807, 2.05) is 43.6 Å². The van der Waals surface area contributed by atoms with Crippen LogP contribution in [0.1, 0.15) is 52.1 Å². The molecule has 1 aliphatic heterocycles. The Labute approximate surface area is 235 Å². The smallest absolute Gasteiger partial charge is 0.257 e. The van der Waals surface area contributed by atoms with Gasteiger partial charge >= 0.3 is 0 Å². The Morgan fingerprint density at radius 3 is 2.65 bits per heavy atom. The standard InChI is InChI=1S/C32H36N6O2/c1-23-15-27(19-33-18-23)32(39)37-29-6-3-5-25(17-29)24(2)16-30-21-34-22-31(36-30)26-8-9-28(35-20-26)7-4-10-38-11-13-40-14-12-38/h3,5-6,8-9,15,17-22,24H,4,7,10-14,16H2,1-2H3,(H,37,39)/t24-/m1/s1. The minimum absolute atomic E-state index is 0.170. The molecule has 206 valence electrons. The van der Waals surface area contributed by atoms with E-state index in [4.69, 9.17) is 9.72 Å². The molecule has 1 N–H and O–H groups in total. The van der Waals surface area contributed by atoms with Crippen molar-refractivity contribution in [3.8, 4) is 11.3 Å². The summed E-state index contributed by atoms with van der Waals surface area (Å²) in [6.07, 6.45) is 11.6. The van der Waals surface area contributed by atoms with Crippen molar-refractivity contribution in [2.75, 3.05) is 38.2 Å². The van der Waals surface area contributed by atoms with Crippen molar-refractivity contribution >= 4 is 11.6 Å². The maximum atomic E-state index is 12.7. The molecule has 0 spiro atoms. The quantitative estimate of drug-likeness (QED) is 0.301. The van der Waals surface area contributed by atoms with Crippen molar-refractivity contribution in [3.63, 3.8) is 0 Å². The second-order valence-electron chi connectivity index (χ2n) is 10.4. The SMILES string of the molecule is Cc1cncc(C(=O)Nc2cccc([C@H](C)Cc3cncc(-c4ccc(CCCN5CCOCC5)nc4)n3)c2)c1. The Kier molecular flexibility index (Phi) is 9.21. The van der Waals surface area contributed by atoms with E-state index < -0.39 is 0 Å². The van der Waals surface area contributed by atoms with Gasteiger partial charge in [-0.25, -0.2) is 4.98 Å². The molecule has 1 atom stereocenters. The fourth-order valence-corrected chi connectivity index (χ4v) is 4.91. The highest BCUT2D eigenvalue weighted by Crippen LogP contribution is 2.24. The van der Waals surface area contributed by atoms with Gasteiger partial charge in [0.25, 0.3) is 5.91 Å². The fraction of sp³-hybridized carbons (Fsp3) is 0.344. The van der Waals surface area contributed by atoms with E-state index >= 15 is 0 Å². The number of morpholine rings is 1. The van der Waals surface area contributed by atoms with Crippen LogP contribution in [0.15, 0.2) is 73.4 Å². The summed E-state index contributed by atoms with van der Waals surface area (Å²) in [5, 5.41) is 2.99. The summed E-state index contributed by atoms with van der Waals surface area (Å²) in [5.74, 6) is 0.0188. The van der Waals surface area contributed by atoms with Crippen LogP contribution < -0.4 is 5.32 Å². The van der Waals surface area contributed by atoms with Crippen molar-refractivity contribution in [1.29, 1.82) is 0 Å². The Balaban J connectivity index is 1.18. The Morgan fingerprint density at radius 1 is 1.00 bits per heavy atom. The average molecular weight is 537 g/mol. The molecule has 0 aliphatic carbocycles. The zero-order valence-corrected chi connectivity index (χ0v) is 23.2. The largest absolute Gasteiger partial charge is 0.379 e. The maximum absolute atomic E-state index is 12.7. The molecule has 4 heterocycles. The number of hydrogen-bond donors (Lipinski definition) is 1.